The maximum atomic E-state index is 13.7. The number of carbonyl (C=O) groups excluding carboxylic acids is 1. The molecule has 2 aliphatic rings. The number of rotatable bonds is 3. The molecule has 0 amide bonds. The van der Waals surface area contributed by atoms with Gasteiger partial charge in [-0.25, -0.2) is 4.98 Å². The molecule has 1 spiro atoms. The van der Waals surface area contributed by atoms with Gasteiger partial charge in [-0.3, -0.25) is 14.2 Å². The molecular weight excluding hydrogens is 440 g/mol. The SMILES string of the molecule is Cn1c(SC(=O)Cc2ccc(Cl)cc2)nc2c(c1=O)C1(CCCCC1)Cc1ccccc1-2. The molecule has 0 aliphatic heterocycles. The summed E-state index contributed by atoms with van der Waals surface area (Å²) in [6.45, 7) is 0. The van der Waals surface area contributed by atoms with Crippen LogP contribution in [0.15, 0.2) is 58.5 Å². The zero-order valence-corrected chi connectivity index (χ0v) is 19.6. The Kier molecular flexibility index (Phi) is 5.72. The number of hydrogen-bond donors (Lipinski definition) is 0. The van der Waals surface area contributed by atoms with E-state index in [1.165, 1.54) is 12.0 Å². The molecule has 0 N–H and O–H groups in total. The van der Waals surface area contributed by atoms with Crippen LogP contribution in [0.2, 0.25) is 5.02 Å². The standard InChI is InChI=1S/C26H25ClN2O2S/c1-29-24(31)22-23(28-25(29)32-21(30)15-17-9-11-19(27)12-10-17)20-8-4-3-7-18(20)16-26(22)13-5-2-6-14-26/h3-4,7-12H,2,5-6,13-16H2,1H3. The van der Waals surface area contributed by atoms with Crippen molar-refractivity contribution >= 4 is 28.5 Å². The Morgan fingerprint density at radius 2 is 1.81 bits per heavy atom. The van der Waals surface area contributed by atoms with Gasteiger partial charge in [-0.2, -0.15) is 0 Å². The molecule has 0 radical (unpaired) electrons. The molecule has 32 heavy (non-hydrogen) atoms. The lowest BCUT2D eigenvalue weighted by Crippen LogP contribution is -2.42. The van der Waals surface area contributed by atoms with Gasteiger partial charge in [0, 0.05) is 29.5 Å². The van der Waals surface area contributed by atoms with Crippen molar-refractivity contribution in [3.05, 3.63) is 80.6 Å². The van der Waals surface area contributed by atoms with Gasteiger partial charge < -0.3 is 0 Å². The molecule has 2 aromatic carbocycles. The monoisotopic (exact) mass is 464 g/mol. The highest BCUT2D eigenvalue weighted by molar-refractivity contribution is 8.13. The van der Waals surface area contributed by atoms with Crippen molar-refractivity contribution in [1.82, 2.24) is 9.55 Å². The van der Waals surface area contributed by atoms with Gasteiger partial charge in [-0.1, -0.05) is 67.3 Å². The van der Waals surface area contributed by atoms with E-state index in [-0.39, 0.29) is 22.5 Å². The third kappa shape index (κ3) is 3.82. The van der Waals surface area contributed by atoms with E-state index in [2.05, 4.69) is 18.2 Å². The molecule has 2 aliphatic carbocycles. The summed E-state index contributed by atoms with van der Waals surface area (Å²) < 4.78 is 1.58. The van der Waals surface area contributed by atoms with E-state index in [0.29, 0.717) is 10.2 Å². The maximum Gasteiger partial charge on any atom is 0.258 e. The molecule has 3 aromatic rings. The van der Waals surface area contributed by atoms with E-state index in [9.17, 15) is 9.59 Å². The smallest absolute Gasteiger partial charge is 0.258 e. The van der Waals surface area contributed by atoms with Crippen LogP contribution in [0.4, 0.5) is 0 Å². The van der Waals surface area contributed by atoms with Crippen LogP contribution >= 0.6 is 23.4 Å². The van der Waals surface area contributed by atoms with Crippen LogP contribution in [0.5, 0.6) is 0 Å². The molecule has 6 heteroatoms. The molecule has 0 atom stereocenters. The predicted octanol–water partition coefficient (Wildman–Crippen LogP) is 5.72. The summed E-state index contributed by atoms with van der Waals surface area (Å²) in [5, 5.41) is 1.05. The average molecular weight is 465 g/mol. The number of halogens is 1. The van der Waals surface area contributed by atoms with E-state index < -0.39 is 0 Å². The van der Waals surface area contributed by atoms with E-state index in [4.69, 9.17) is 16.6 Å². The number of carbonyl (C=O) groups is 1. The molecule has 4 nitrogen and oxygen atoms in total. The Bertz CT molecular complexity index is 1240. The van der Waals surface area contributed by atoms with Crippen molar-refractivity contribution in [2.24, 2.45) is 7.05 Å². The van der Waals surface area contributed by atoms with Gasteiger partial charge in [-0.05, 0) is 54.3 Å². The highest BCUT2D eigenvalue weighted by Gasteiger charge is 2.43. The summed E-state index contributed by atoms with van der Waals surface area (Å²) in [6.07, 6.45) is 6.70. The Balaban J connectivity index is 1.56. The number of benzene rings is 2. The zero-order chi connectivity index (χ0) is 22.3. The van der Waals surface area contributed by atoms with Crippen molar-refractivity contribution in [2.45, 2.75) is 55.5 Å². The molecule has 1 saturated carbocycles. The minimum atomic E-state index is -0.139. The number of thioether (sulfide) groups is 1. The first-order valence-electron chi connectivity index (χ1n) is 11.1. The van der Waals surface area contributed by atoms with Gasteiger partial charge in [0.15, 0.2) is 5.16 Å². The number of aromatic nitrogens is 2. The molecule has 0 bridgehead atoms. The first kappa shape index (κ1) is 21.5. The second-order valence-electron chi connectivity index (χ2n) is 8.93. The number of fused-ring (bicyclic) bond motifs is 4. The molecule has 5 rings (SSSR count). The Morgan fingerprint density at radius 3 is 2.56 bits per heavy atom. The normalized spacial score (nSPS) is 16.4. The van der Waals surface area contributed by atoms with Gasteiger partial charge in [-0.15, -0.1) is 0 Å². The number of nitrogens with zero attached hydrogens (tertiary/aromatic N) is 2. The summed E-state index contributed by atoms with van der Waals surface area (Å²) in [5.41, 5.74) is 4.66. The van der Waals surface area contributed by atoms with Crippen LogP contribution in [0.25, 0.3) is 11.3 Å². The Labute approximate surface area is 197 Å². The van der Waals surface area contributed by atoms with E-state index in [1.54, 1.807) is 23.7 Å². The third-order valence-electron chi connectivity index (χ3n) is 6.86. The average Bonchev–Trinajstić information content (AvgIpc) is 2.79. The minimum absolute atomic E-state index is 0.00630. The first-order valence-corrected chi connectivity index (χ1v) is 12.3. The molecule has 0 unspecified atom stereocenters. The lowest BCUT2D eigenvalue weighted by atomic mass is 9.62. The zero-order valence-electron chi connectivity index (χ0n) is 18.1. The van der Waals surface area contributed by atoms with Crippen LogP contribution in [0.1, 0.15) is 48.8 Å². The summed E-state index contributed by atoms with van der Waals surface area (Å²) >= 11 is 6.99. The Hall–Kier alpha value is -2.37. The van der Waals surface area contributed by atoms with Crippen LogP contribution in [-0.2, 0) is 30.1 Å². The van der Waals surface area contributed by atoms with Gasteiger partial charge in [0.05, 0.1) is 11.3 Å². The van der Waals surface area contributed by atoms with Crippen molar-refractivity contribution in [2.75, 3.05) is 0 Å². The van der Waals surface area contributed by atoms with Gasteiger partial charge in [0.25, 0.3) is 5.56 Å². The highest BCUT2D eigenvalue weighted by Crippen LogP contribution is 2.48. The quantitative estimate of drug-likeness (QED) is 0.367. The van der Waals surface area contributed by atoms with Crippen molar-refractivity contribution < 1.29 is 4.79 Å². The minimum Gasteiger partial charge on any atom is -0.290 e. The lowest BCUT2D eigenvalue weighted by Gasteiger charge is -2.42. The fourth-order valence-corrected chi connectivity index (χ4v) is 6.19. The van der Waals surface area contributed by atoms with E-state index in [1.807, 2.05) is 18.2 Å². The molecule has 1 heterocycles. The van der Waals surface area contributed by atoms with Crippen LogP contribution < -0.4 is 5.56 Å². The molecule has 1 aromatic heterocycles. The summed E-state index contributed by atoms with van der Waals surface area (Å²) in [5.74, 6) is 0. The first-order chi connectivity index (χ1) is 15.5. The van der Waals surface area contributed by atoms with Crippen molar-refractivity contribution in [1.29, 1.82) is 0 Å². The molecule has 0 saturated heterocycles. The lowest BCUT2D eigenvalue weighted by molar-refractivity contribution is -0.110. The second kappa shape index (κ2) is 8.53. The predicted molar refractivity (Wildman–Crippen MR) is 129 cm³/mol. The summed E-state index contributed by atoms with van der Waals surface area (Å²) in [6, 6.07) is 15.5. The molecule has 1 fully saturated rings. The number of hydrogen-bond acceptors (Lipinski definition) is 4. The fourth-order valence-electron chi connectivity index (χ4n) is 5.27. The van der Waals surface area contributed by atoms with Crippen LogP contribution in [0.3, 0.4) is 0 Å². The molecule has 164 valence electrons. The van der Waals surface area contributed by atoms with Crippen molar-refractivity contribution in [3.8, 4) is 11.3 Å². The summed E-state index contributed by atoms with van der Waals surface area (Å²) in [7, 11) is 1.74. The fraction of sp³-hybridized carbons (Fsp3) is 0.346. The second-order valence-corrected chi connectivity index (χ2v) is 10.4. The van der Waals surface area contributed by atoms with Crippen molar-refractivity contribution in [3.63, 3.8) is 0 Å². The van der Waals surface area contributed by atoms with Gasteiger partial charge in [0.2, 0.25) is 5.12 Å². The van der Waals surface area contributed by atoms with Crippen LogP contribution in [-0.4, -0.2) is 14.7 Å². The molecular formula is C26H25ClN2O2S. The van der Waals surface area contributed by atoms with E-state index in [0.717, 1.165) is 66.3 Å². The summed E-state index contributed by atoms with van der Waals surface area (Å²) in [4.78, 5) is 31.4. The highest BCUT2D eigenvalue weighted by atomic mass is 35.5. The van der Waals surface area contributed by atoms with Crippen LogP contribution in [0, 0.1) is 0 Å². The van der Waals surface area contributed by atoms with Gasteiger partial charge >= 0.3 is 0 Å². The Morgan fingerprint density at radius 1 is 1.09 bits per heavy atom. The van der Waals surface area contributed by atoms with Gasteiger partial charge in [0.1, 0.15) is 0 Å². The third-order valence-corrected chi connectivity index (χ3v) is 8.03. The maximum absolute atomic E-state index is 13.7. The van der Waals surface area contributed by atoms with E-state index >= 15 is 0 Å². The topological polar surface area (TPSA) is 52.0 Å². The largest absolute Gasteiger partial charge is 0.290 e.